The number of ether oxygens (including phenoxy) is 1. The van der Waals surface area contributed by atoms with Crippen molar-refractivity contribution in [2.24, 2.45) is 0 Å². The number of carboxylic acid groups (broad SMARTS) is 1. The van der Waals surface area contributed by atoms with Crippen molar-refractivity contribution < 1.29 is 23.4 Å². The lowest BCUT2D eigenvalue weighted by atomic mass is 10.0. The third kappa shape index (κ3) is 3.63. The fourth-order valence-corrected chi connectivity index (χ4v) is 3.86. The van der Waals surface area contributed by atoms with Gasteiger partial charge in [-0.05, 0) is 54.4 Å². The Bertz CT molecular complexity index is 1300. The Hall–Kier alpha value is -3.74. The van der Waals surface area contributed by atoms with E-state index in [2.05, 4.69) is 4.98 Å². The van der Waals surface area contributed by atoms with Gasteiger partial charge in [-0.3, -0.25) is 0 Å². The first-order chi connectivity index (χ1) is 14.9. The molecule has 0 spiro atoms. The van der Waals surface area contributed by atoms with Crippen molar-refractivity contribution in [1.82, 2.24) is 9.55 Å². The van der Waals surface area contributed by atoms with E-state index in [0.29, 0.717) is 22.0 Å². The molecule has 2 aromatic carbocycles. The van der Waals surface area contributed by atoms with Gasteiger partial charge in [-0.2, -0.15) is 0 Å². The third-order valence-electron chi connectivity index (χ3n) is 5.31. The number of methoxy groups -OCH3 is 1. The molecule has 0 bridgehead atoms. The maximum Gasteiger partial charge on any atom is 0.353 e. The van der Waals surface area contributed by atoms with E-state index in [0.717, 1.165) is 30.2 Å². The number of hydrogen-bond donors (Lipinski definition) is 1. The van der Waals surface area contributed by atoms with Crippen molar-refractivity contribution in [2.75, 3.05) is 7.11 Å². The van der Waals surface area contributed by atoms with E-state index < -0.39 is 17.6 Å². The molecule has 0 saturated heterocycles. The highest BCUT2D eigenvalue weighted by Crippen LogP contribution is 2.39. The molecule has 2 heterocycles. The van der Waals surface area contributed by atoms with E-state index in [1.54, 1.807) is 18.3 Å². The molecular formula is C24H20F2N2O3. The predicted molar refractivity (Wildman–Crippen MR) is 114 cm³/mol. The van der Waals surface area contributed by atoms with Gasteiger partial charge in [0.25, 0.3) is 0 Å². The summed E-state index contributed by atoms with van der Waals surface area (Å²) in [6.45, 7) is 1.86. The lowest BCUT2D eigenvalue weighted by molar-refractivity contribution is 0.0687. The molecule has 4 aromatic rings. The maximum atomic E-state index is 14.4. The Labute approximate surface area is 177 Å². The van der Waals surface area contributed by atoms with Crippen molar-refractivity contribution in [1.29, 1.82) is 0 Å². The number of carboxylic acids is 1. The highest BCUT2D eigenvalue weighted by molar-refractivity contribution is 6.09. The Balaban J connectivity index is 2.08. The zero-order valence-corrected chi connectivity index (χ0v) is 17.0. The summed E-state index contributed by atoms with van der Waals surface area (Å²) in [6.07, 6.45) is 2.31. The molecule has 0 saturated carbocycles. The molecule has 1 N–H and O–H groups in total. The zero-order chi connectivity index (χ0) is 22.1. The number of rotatable bonds is 6. The summed E-state index contributed by atoms with van der Waals surface area (Å²) in [7, 11) is 1.46. The number of fused-ring (bicyclic) bond motifs is 1. The molecule has 0 amide bonds. The van der Waals surface area contributed by atoms with E-state index in [9.17, 15) is 18.7 Å². The van der Waals surface area contributed by atoms with Gasteiger partial charge < -0.3 is 14.4 Å². The van der Waals surface area contributed by atoms with Crippen molar-refractivity contribution in [3.8, 4) is 17.0 Å². The Morgan fingerprint density at radius 1 is 1.16 bits per heavy atom. The molecule has 0 aliphatic carbocycles. The van der Waals surface area contributed by atoms with Crippen LogP contribution in [0, 0.1) is 11.6 Å². The van der Waals surface area contributed by atoms with Gasteiger partial charge in [-0.25, -0.2) is 18.6 Å². The van der Waals surface area contributed by atoms with Crippen molar-refractivity contribution in [3.63, 3.8) is 0 Å². The number of pyridine rings is 1. The zero-order valence-electron chi connectivity index (χ0n) is 17.0. The molecule has 0 fully saturated rings. The molecule has 31 heavy (non-hydrogen) atoms. The number of carbonyl (C=O) groups is 1. The molecule has 7 heteroatoms. The van der Waals surface area contributed by atoms with Crippen LogP contribution in [0.15, 0.2) is 54.7 Å². The normalized spacial score (nSPS) is 11.1. The second-order valence-electron chi connectivity index (χ2n) is 7.12. The van der Waals surface area contributed by atoms with Gasteiger partial charge in [0.15, 0.2) is 0 Å². The van der Waals surface area contributed by atoms with Gasteiger partial charge in [-0.1, -0.05) is 13.0 Å². The number of benzene rings is 2. The second kappa shape index (κ2) is 8.18. The van der Waals surface area contributed by atoms with Crippen LogP contribution in [0.4, 0.5) is 8.78 Å². The molecule has 0 aliphatic heterocycles. The van der Waals surface area contributed by atoms with Gasteiger partial charge in [0.2, 0.25) is 5.88 Å². The molecule has 0 radical (unpaired) electrons. The number of aromatic nitrogens is 2. The summed E-state index contributed by atoms with van der Waals surface area (Å²) in [4.78, 5) is 16.6. The largest absolute Gasteiger partial charge is 0.481 e. The number of aryl methyl sites for hydroxylation is 1. The van der Waals surface area contributed by atoms with E-state index in [1.165, 1.54) is 11.7 Å². The minimum absolute atomic E-state index is 0.0433. The first kappa shape index (κ1) is 20.5. The number of aromatic carboxylic acids is 1. The fraction of sp³-hybridized carbons (Fsp3) is 0.167. The van der Waals surface area contributed by atoms with Crippen molar-refractivity contribution in [2.45, 2.75) is 19.9 Å². The lowest BCUT2D eigenvalue weighted by Gasteiger charge is -2.11. The minimum Gasteiger partial charge on any atom is -0.481 e. The van der Waals surface area contributed by atoms with Gasteiger partial charge in [0, 0.05) is 33.8 Å². The Morgan fingerprint density at radius 3 is 2.68 bits per heavy atom. The quantitative estimate of drug-likeness (QED) is 0.458. The molecule has 158 valence electrons. The molecule has 5 nitrogen and oxygen atoms in total. The monoisotopic (exact) mass is 422 g/mol. The van der Waals surface area contributed by atoms with Gasteiger partial charge in [0.05, 0.1) is 13.7 Å². The van der Waals surface area contributed by atoms with E-state index in [4.69, 9.17) is 4.74 Å². The van der Waals surface area contributed by atoms with E-state index >= 15 is 0 Å². The first-order valence-corrected chi connectivity index (χ1v) is 9.76. The van der Waals surface area contributed by atoms with E-state index in [1.807, 2.05) is 25.1 Å². The van der Waals surface area contributed by atoms with Crippen molar-refractivity contribution >= 4 is 16.9 Å². The Kier molecular flexibility index (Phi) is 5.42. The molecule has 4 rings (SSSR count). The highest BCUT2D eigenvalue weighted by Gasteiger charge is 2.26. The van der Waals surface area contributed by atoms with Crippen LogP contribution in [0.2, 0.25) is 0 Å². The SMILES string of the molecule is CCc1ccc2c(c1)c(-c1cccnc1OC)c(C(=O)O)n2Cc1cc(F)ccc1F. The summed E-state index contributed by atoms with van der Waals surface area (Å²) in [5, 5.41) is 10.8. The molecule has 0 atom stereocenters. The van der Waals surface area contributed by atoms with Gasteiger partial charge >= 0.3 is 5.97 Å². The maximum absolute atomic E-state index is 14.4. The van der Waals surface area contributed by atoms with Crippen LogP contribution in [-0.4, -0.2) is 27.7 Å². The van der Waals surface area contributed by atoms with Crippen LogP contribution >= 0.6 is 0 Å². The summed E-state index contributed by atoms with van der Waals surface area (Å²) >= 11 is 0. The predicted octanol–water partition coefficient (Wildman–Crippen LogP) is 5.30. The average Bonchev–Trinajstić information content (AvgIpc) is 3.09. The van der Waals surface area contributed by atoms with Crippen LogP contribution in [0.3, 0.4) is 0 Å². The number of halogens is 2. The second-order valence-corrected chi connectivity index (χ2v) is 7.12. The molecule has 0 aliphatic rings. The summed E-state index contributed by atoms with van der Waals surface area (Å²) < 4.78 is 35.0. The highest BCUT2D eigenvalue weighted by atomic mass is 19.1. The van der Waals surface area contributed by atoms with Crippen LogP contribution < -0.4 is 4.74 Å². The van der Waals surface area contributed by atoms with E-state index in [-0.39, 0.29) is 23.7 Å². The van der Waals surface area contributed by atoms with Crippen LogP contribution in [0.25, 0.3) is 22.0 Å². The standard InChI is InChI=1S/C24H20F2N2O3/c1-3-14-6-9-20-18(11-14)21(17-5-4-10-27-23(17)31-2)22(24(29)30)28(20)13-15-12-16(25)7-8-19(15)26/h4-12H,3,13H2,1-2H3,(H,29,30). The minimum atomic E-state index is -1.19. The third-order valence-corrected chi connectivity index (χ3v) is 5.31. The summed E-state index contributed by atoms with van der Waals surface area (Å²) in [6, 6.07) is 12.2. The van der Waals surface area contributed by atoms with Crippen molar-refractivity contribution in [3.05, 3.63) is 83.2 Å². The van der Waals surface area contributed by atoms with Crippen LogP contribution in [0.5, 0.6) is 5.88 Å². The molecule has 0 unspecified atom stereocenters. The van der Waals surface area contributed by atoms with Gasteiger partial charge in [0.1, 0.15) is 17.3 Å². The number of hydrogen-bond acceptors (Lipinski definition) is 3. The average molecular weight is 422 g/mol. The first-order valence-electron chi connectivity index (χ1n) is 9.76. The van der Waals surface area contributed by atoms with Crippen LogP contribution in [0.1, 0.15) is 28.5 Å². The fourth-order valence-electron chi connectivity index (χ4n) is 3.86. The number of nitrogens with zero attached hydrogens (tertiary/aromatic N) is 2. The lowest BCUT2D eigenvalue weighted by Crippen LogP contribution is -2.12. The Morgan fingerprint density at radius 2 is 1.97 bits per heavy atom. The van der Waals surface area contributed by atoms with Gasteiger partial charge in [-0.15, -0.1) is 0 Å². The topological polar surface area (TPSA) is 64.3 Å². The summed E-state index contributed by atoms with van der Waals surface area (Å²) in [5.74, 6) is -2.10. The molecule has 2 aromatic heterocycles. The smallest absolute Gasteiger partial charge is 0.353 e. The molecular weight excluding hydrogens is 402 g/mol. The summed E-state index contributed by atoms with van der Waals surface area (Å²) in [5.41, 5.74) is 2.57. The van der Waals surface area contributed by atoms with Crippen LogP contribution in [-0.2, 0) is 13.0 Å².